The average molecular weight is 409 g/mol. The minimum Gasteiger partial charge on any atom is -0.462 e. The molecule has 0 spiro atoms. The summed E-state index contributed by atoms with van der Waals surface area (Å²) < 4.78 is 5.00. The lowest BCUT2D eigenvalue weighted by molar-refractivity contribution is 0.0526. The van der Waals surface area contributed by atoms with Crippen LogP contribution in [0.25, 0.3) is 0 Å². The molecule has 0 unspecified atom stereocenters. The second-order valence-electron chi connectivity index (χ2n) is 5.33. The number of esters is 1. The number of hydrogen-bond donors (Lipinski definition) is 2. The zero-order chi connectivity index (χ0) is 18.8. The van der Waals surface area contributed by atoms with Gasteiger partial charge in [-0.05, 0) is 49.0 Å². The van der Waals surface area contributed by atoms with Gasteiger partial charge >= 0.3 is 5.97 Å². The molecule has 2 aromatic carbocycles. The molecule has 7 heteroatoms. The van der Waals surface area contributed by atoms with E-state index >= 15 is 0 Å². The van der Waals surface area contributed by atoms with Gasteiger partial charge in [0.25, 0.3) is 0 Å². The summed E-state index contributed by atoms with van der Waals surface area (Å²) >= 11 is 13.2. The molecule has 0 atom stereocenters. The number of benzene rings is 2. The highest BCUT2D eigenvalue weighted by atomic mass is 35.5. The first-order valence-electron chi connectivity index (χ1n) is 8.23. The molecule has 0 saturated heterocycles. The van der Waals surface area contributed by atoms with Crippen LogP contribution >= 0.6 is 35.6 Å². The van der Waals surface area contributed by atoms with E-state index in [1.165, 1.54) is 0 Å². The summed E-state index contributed by atoms with van der Waals surface area (Å²) in [6, 6.07) is 14.9. The highest BCUT2D eigenvalue weighted by Gasteiger charge is 2.07. The summed E-state index contributed by atoms with van der Waals surface area (Å²) in [7, 11) is 0. The third kappa shape index (κ3) is 6.86. The Labute approximate surface area is 168 Å². The number of carbonyl (C=O) groups is 1. The van der Waals surface area contributed by atoms with Crippen molar-refractivity contribution in [1.29, 1.82) is 0 Å². The molecule has 0 amide bonds. The highest BCUT2D eigenvalue weighted by Crippen LogP contribution is 2.20. The summed E-state index contributed by atoms with van der Waals surface area (Å²) in [5, 5.41) is 7.55. The molecule has 4 nitrogen and oxygen atoms in total. The summed E-state index contributed by atoms with van der Waals surface area (Å²) in [6.45, 7) is 2.86. The van der Waals surface area contributed by atoms with Gasteiger partial charge in [-0.1, -0.05) is 35.9 Å². The number of thioether (sulfide) groups is 1. The lowest BCUT2D eigenvalue weighted by atomic mass is 10.2. The van der Waals surface area contributed by atoms with Gasteiger partial charge in [0.05, 0.1) is 12.2 Å². The molecule has 26 heavy (non-hydrogen) atoms. The standard InChI is InChI=1S/C19H21ClN2O2S2/c1-2-24-18(23)14-7-5-8-16(12-14)22-19(25)21-10-11-26-13-15-6-3-4-9-17(15)20/h3-9,12H,2,10-11,13H2,1H3,(H2,21,22,25). The molecule has 2 N–H and O–H groups in total. The smallest absolute Gasteiger partial charge is 0.338 e. The van der Waals surface area contributed by atoms with Crippen LogP contribution in [0, 0.1) is 0 Å². The van der Waals surface area contributed by atoms with E-state index in [9.17, 15) is 4.79 Å². The molecule has 0 fully saturated rings. The topological polar surface area (TPSA) is 50.4 Å². The minimum absolute atomic E-state index is 0.342. The zero-order valence-electron chi connectivity index (χ0n) is 14.5. The third-order valence-corrected chi connectivity index (χ3v) is 5.00. The minimum atomic E-state index is -0.342. The van der Waals surface area contributed by atoms with Crippen LogP contribution in [0.1, 0.15) is 22.8 Å². The van der Waals surface area contributed by atoms with E-state index in [2.05, 4.69) is 10.6 Å². The van der Waals surface area contributed by atoms with Crippen molar-refractivity contribution in [1.82, 2.24) is 5.32 Å². The second-order valence-corrected chi connectivity index (χ2v) is 7.25. The molecule has 2 aromatic rings. The zero-order valence-corrected chi connectivity index (χ0v) is 16.8. The van der Waals surface area contributed by atoms with E-state index in [-0.39, 0.29) is 5.97 Å². The van der Waals surface area contributed by atoms with Crippen LogP contribution in [0.15, 0.2) is 48.5 Å². The maximum atomic E-state index is 11.8. The van der Waals surface area contributed by atoms with Gasteiger partial charge in [-0.25, -0.2) is 4.79 Å². The van der Waals surface area contributed by atoms with Gasteiger partial charge in [0.15, 0.2) is 5.11 Å². The van der Waals surface area contributed by atoms with Gasteiger partial charge in [0, 0.05) is 28.8 Å². The van der Waals surface area contributed by atoms with E-state index in [0.717, 1.165) is 34.3 Å². The van der Waals surface area contributed by atoms with Crippen LogP contribution in [-0.4, -0.2) is 30.0 Å². The Morgan fingerprint density at radius 2 is 2.04 bits per heavy atom. The molecular weight excluding hydrogens is 388 g/mol. The summed E-state index contributed by atoms with van der Waals surface area (Å²) in [5.74, 6) is 1.42. The highest BCUT2D eigenvalue weighted by molar-refractivity contribution is 7.98. The van der Waals surface area contributed by atoms with Crippen LogP contribution in [0.4, 0.5) is 5.69 Å². The van der Waals surface area contributed by atoms with Crippen molar-refractivity contribution in [2.24, 2.45) is 0 Å². The average Bonchev–Trinajstić information content (AvgIpc) is 2.63. The summed E-state index contributed by atoms with van der Waals surface area (Å²) in [4.78, 5) is 11.8. The van der Waals surface area contributed by atoms with Crippen molar-refractivity contribution < 1.29 is 9.53 Å². The van der Waals surface area contributed by atoms with Crippen LogP contribution in [0.3, 0.4) is 0 Å². The van der Waals surface area contributed by atoms with Crippen LogP contribution in [-0.2, 0) is 10.5 Å². The first-order valence-corrected chi connectivity index (χ1v) is 10.2. The maximum Gasteiger partial charge on any atom is 0.338 e. The Morgan fingerprint density at radius 1 is 1.23 bits per heavy atom. The molecule has 0 bridgehead atoms. The monoisotopic (exact) mass is 408 g/mol. The first kappa shape index (κ1) is 20.6. The second kappa shape index (κ2) is 11.1. The van der Waals surface area contributed by atoms with E-state index in [0.29, 0.717) is 17.3 Å². The maximum absolute atomic E-state index is 11.8. The number of halogens is 1. The number of ether oxygens (including phenoxy) is 1. The molecule has 0 heterocycles. The van der Waals surface area contributed by atoms with Crippen molar-refractivity contribution in [2.75, 3.05) is 24.2 Å². The van der Waals surface area contributed by atoms with Crippen molar-refractivity contribution in [2.45, 2.75) is 12.7 Å². The molecule has 138 valence electrons. The van der Waals surface area contributed by atoms with Gasteiger partial charge in [-0.2, -0.15) is 11.8 Å². The fourth-order valence-corrected chi connectivity index (χ4v) is 3.51. The molecule has 0 aliphatic heterocycles. The fourth-order valence-electron chi connectivity index (χ4n) is 2.15. The Balaban J connectivity index is 1.71. The molecular formula is C19H21ClN2O2S2. The van der Waals surface area contributed by atoms with Crippen LogP contribution < -0.4 is 10.6 Å². The number of hydrogen-bond acceptors (Lipinski definition) is 4. The predicted octanol–water partition coefficient (Wildman–Crippen LogP) is 4.74. The lowest BCUT2D eigenvalue weighted by Gasteiger charge is -2.11. The van der Waals surface area contributed by atoms with Crippen molar-refractivity contribution in [3.63, 3.8) is 0 Å². The number of anilines is 1. The lowest BCUT2D eigenvalue weighted by Crippen LogP contribution is -2.30. The summed E-state index contributed by atoms with van der Waals surface area (Å²) in [6.07, 6.45) is 0. The Morgan fingerprint density at radius 3 is 2.81 bits per heavy atom. The molecule has 0 saturated carbocycles. The van der Waals surface area contributed by atoms with Gasteiger partial charge in [0.1, 0.15) is 0 Å². The number of nitrogens with one attached hydrogen (secondary N) is 2. The quantitative estimate of drug-likeness (QED) is 0.374. The SMILES string of the molecule is CCOC(=O)c1cccc(NC(=S)NCCSCc2ccccc2Cl)c1. The van der Waals surface area contributed by atoms with Crippen molar-refractivity contribution in [3.05, 3.63) is 64.7 Å². The Kier molecular flexibility index (Phi) is 8.74. The molecule has 0 radical (unpaired) electrons. The Hall–Kier alpha value is -1.76. The number of thiocarbonyl (C=S) groups is 1. The van der Waals surface area contributed by atoms with Gasteiger partial charge in [-0.3, -0.25) is 0 Å². The largest absolute Gasteiger partial charge is 0.462 e. The van der Waals surface area contributed by atoms with E-state index < -0.39 is 0 Å². The number of carbonyl (C=O) groups excluding carboxylic acids is 1. The third-order valence-electron chi connectivity index (χ3n) is 3.38. The first-order chi connectivity index (χ1) is 12.6. The number of rotatable bonds is 8. The van der Waals surface area contributed by atoms with Gasteiger partial charge in [0.2, 0.25) is 0 Å². The predicted molar refractivity (Wildman–Crippen MR) is 114 cm³/mol. The van der Waals surface area contributed by atoms with Crippen LogP contribution in [0.2, 0.25) is 5.02 Å². The van der Waals surface area contributed by atoms with E-state index in [1.807, 2.05) is 30.3 Å². The van der Waals surface area contributed by atoms with Crippen LogP contribution in [0.5, 0.6) is 0 Å². The van der Waals surface area contributed by atoms with E-state index in [1.54, 1.807) is 36.9 Å². The Bertz CT molecular complexity index is 756. The molecule has 0 aliphatic carbocycles. The molecule has 0 aliphatic rings. The fraction of sp³-hybridized carbons (Fsp3) is 0.263. The molecule has 2 rings (SSSR count). The molecule has 0 aromatic heterocycles. The van der Waals surface area contributed by atoms with Crippen molar-refractivity contribution >= 4 is 52.3 Å². The van der Waals surface area contributed by atoms with Gasteiger partial charge in [-0.15, -0.1) is 0 Å². The summed E-state index contributed by atoms with van der Waals surface area (Å²) in [5.41, 5.74) is 2.38. The van der Waals surface area contributed by atoms with Gasteiger partial charge < -0.3 is 15.4 Å². The normalized spacial score (nSPS) is 10.2. The van der Waals surface area contributed by atoms with Crippen molar-refractivity contribution in [3.8, 4) is 0 Å². The van der Waals surface area contributed by atoms with E-state index in [4.69, 9.17) is 28.6 Å².